The molecule has 0 saturated heterocycles. The number of carbonyl (C=O) groups excluding carboxylic acids is 2. The second-order valence-corrected chi connectivity index (χ2v) is 7.74. The van der Waals surface area contributed by atoms with E-state index in [1.54, 1.807) is 4.90 Å². The quantitative estimate of drug-likeness (QED) is 0.836. The van der Waals surface area contributed by atoms with E-state index in [1.807, 2.05) is 38.1 Å². The van der Waals surface area contributed by atoms with E-state index < -0.39 is 0 Å². The van der Waals surface area contributed by atoms with E-state index in [-0.39, 0.29) is 30.0 Å². The maximum Gasteiger partial charge on any atom is 0.237 e. The molecule has 1 aromatic carbocycles. The Hall–Kier alpha value is -2.35. The van der Waals surface area contributed by atoms with Crippen molar-refractivity contribution in [3.8, 4) is 0 Å². The van der Waals surface area contributed by atoms with Crippen LogP contribution < -0.4 is 10.2 Å². The van der Waals surface area contributed by atoms with Crippen molar-refractivity contribution >= 4 is 35.0 Å². The first-order valence-corrected chi connectivity index (χ1v) is 9.78. The number of fused-ring (bicyclic) bond motifs is 1. The molecule has 2 aliphatic rings. The van der Waals surface area contributed by atoms with Crippen molar-refractivity contribution in [2.75, 3.05) is 16.0 Å². The molecule has 2 heterocycles. The topological polar surface area (TPSA) is 80.1 Å². The average Bonchev–Trinajstić information content (AvgIpc) is 3.38. The lowest BCUT2D eigenvalue weighted by Crippen LogP contribution is -2.40. The van der Waals surface area contributed by atoms with E-state index in [1.165, 1.54) is 11.8 Å². The molecule has 26 heavy (non-hydrogen) atoms. The number of amides is 2. The van der Waals surface area contributed by atoms with Crippen LogP contribution in [0.5, 0.6) is 0 Å². The molecule has 8 heteroatoms. The Bertz CT molecular complexity index is 861. The summed E-state index contributed by atoms with van der Waals surface area (Å²) < 4.78 is 2.13. The number of rotatable bonds is 4. The zero-order valence-electron chi connectivity index (χ0n) is 14.8. The van der Waals surface area contributed by atoms with Gasteiger partial charge in [0.05, 0.1) is 17.1 Å². The molecule has 1 saturated carbocycles. The highest BCUT2D eigenvalue weighted by molar-refractivity contribution is 7.99. The molecule has 136 valence electrons. The van der Waals surface area contributed by atoms with Crippen molar-refractivity contribution in [3.63, 3.8) is 0 Å². The maximum absolute atomic E-state index is 13.0. The summed E-state index contributed by atoms with van der Waals surface area (Å²) >= 11 is 1.42. The lowest BCUT2D eigenvalue weighted by molar-refractivity contribution is -0.117. The van der Waals surface area contributed by atoms with Crippen molar-refractivity contribution in [2.24, 2.45) is 0 Å². The first-order valence-electron chi connectivity index (χ1n) is 8.80. The molecular weight excluding hydrogens is 350 g/mol. The number of nitrogens with one attached hydrogen (secondary N) is 1. The fourth-order valence-electron chi connectivity index (χ4n) is 3.37. The standard InChI is InChI=1S/C18H21N5O2S/c1-11-9-16(24)19-14-5-3-4-6-15(14)22(11)17(25)10-26-18-21-20-12(2)23(18)13-7-8-13/h3-6,11,13H,7-10H2,1-2H3,(H,19,24). The molecule has 4 rings (SSSR count). The number of hydrogen-bond acceptors (Lipinski definition) is 5. The molecule has 1 aliphatic carbocycles. The van der Waals surface area contributed by atoms with Crippen LogP contribution in [-0.4, -0.2) is 38.4 Å². The number of carbonyl (C=O) groups is 2. The molecule has 0 bridgehead atoms. The summed E-state index contributed by atoms with van der Waals surface area (Å²) in [6, 6.07) is 7.71. The van der Waals surface area contributed by atoms with Gasteiger partial charge in [-0.2, -0.15) is 0 Å². The van der Waals surface area contributed by atoms with Crippen LogP contribution in [-0.2, 0) is 9.59 Å². The molecule has 0 spiro atoms. The zero-order valence-corrected chi connectivity index (χ0v) is 15.6. The van der Waals surface area contributed by atoms with Gasteiger partial charge in [0, 0.05) is 18.5 Å². The SMILES string of the molecule is Cc1nnc(SCC(=O)N2c3ccccc3NC(=O)CC2C)n1C1CC1. The normalized spacial score (nSPS) is 19.7. The lowest BCUT2D eigenvalue weighted by atomic mass is 10.2. The molecule has 2 aromatic rings. The monoisotopic (exact) mass is 371 g/mol. The second-order valence-electron chi connectivity index (χ2n) is 6.80. The van der Waals surface area contributed by atoms with Gasteiger partial charge in [0.15, 0.2) is 5.16 Å². The van der Waals surface area contributed by atoms with E-state index in [0.29, 0.717) is 11.7 Å². The van der Waals surface area contributed by atoms with Crippen LogP contribution in [0.2, 0.25) is 0 Å². The van der Waals surface area contributed by atoms with E-state index in [4.69, 9.17) is 0 Å². The van der Waals surface area contributed by atoms with Gasteiger partial charge in [-0.1, -0.05) is 23.9 Å². The first-order chi connectivity index (χ1) is 12.5. The highest BCUT2D eigenvalue weighted by Crippen LogP contribution is 2.39. The van der Waals surface area contributed by atoms with Crippen molar-refractivity contribution in [3.05, 3.63) is 30.1 Å². The number of anilines is 2. The van der Waals surface area contributed by atoms with Gasteiger partial charge in [0.25, 0.3) is 0 Å². The van der Waals surface area contributed by atoms with Gasteiger partial charge in [-0.3, -0.25) is 9.59 Å². The molecule has 7 nitrogen and oxygen atoms in total. The molecule has 1 atom stereocenters. The van der Waals surface area contributed by atoms with Gasteiger partial charge in [0.2, 0.25) is 11.8 Å². The Morgan fingerprint density at radius 2 is 2.08 bits per heavy atom. The predicted octanol–water partition coefficient (Wildman–Crippen LogP) is 2.78. The number of hydrogen-bond donors (Lipinski definition) is 1. The highest BCUT2D eigenvalue weighted by Gasteiger charge is 2.31. The number of aromatic nitrogens is 3. The third-order valence-electron chi connectivity index (χ3n) is 4.70. The molecule has 1 aliphatic heterocycles. The third kappa shape index (κ3) is 3.21. The van der Waals surface area contributed by atoms with Crippen LogP contribution in [0.3, 0.4) is 0 Å². The summed E-state index contributed by atoms with van der Waals surface area (Å²) in [6.45, 7) is 3.85. The summed E-state index contributed by atoms with van der Waals surface area (Å²) in [7, 11) is 0. The largest absolute Gasteiger partial charge is 0.324 e. The molecule has 2 amide bonds. The van der Waals surface area contributed by atoms with Gasteiger partial charge in [-0.25, -0.2) is 0 Å². The predicted molar refractivity (Wildman–Crippen MR) is 100 cm³/mol. The van der Waals surface area contributed by atoms with E-state index in [0.717, 1.165) is 29.5 Å². The Balaban J connectivity index is 1.55. The summed E-state index contributed by atoms with van der Waals surface area (Å²) in [5, 5.41) is 12.1. The van der Waals surface area contributed by atoms with Crippen molar-refractivity contribution < 1.29 is 9.59 Å². The van der Waals surface area contributed by atoms with Crippen LogP contribution in [0.25, 0.3) is 0 Å². The van der Waals surface area contributed by atoms with E-state index in [2.05, 4.69) is 20.1 Å². The molecule has 1 aromatic heterocycles. The van der Waals surface area contributed by atoms with Crippen LogP contribution >= 0.6 is 11.8 Å². The minimum atomic E-state index is -0.199. The summed E-state index contributed by atoms with van der Waals surface area (Å²) in [4.78, 5) is 26.8. The third-order valence-corrected chi connectivity index (χ3v) is 5.63. The van der Waals surface area contributed by atoms with Crippen LogP contribution in [0, 0.1) is 6.92 Å². The van der Waals surface area contributed by atoms with Gasteiger partial charge < -0.3 is 14.8 Å². The second kappa shape index (κ2) is 6.75. The Kier molecular flexibility index (Phi) is 4.44. The number of aryl methyl sites for hydroxylation is 1. The molecular formula is C18H21N5O2S. The van der Waals surface area contributed by atoms with Crippen molar-refractivity contribution in [1.82, 2.24) is 14.8 Å². The number of benzene rings is 1. The van der Waals surface area contributed by atoms with Crippen LogP contribution in [0.15, 0.2) is 29.4 Å². The Morgan fingerprint density at radius 1 is 1.31 bits per heavy atom. The van der Waals surface area contributed by atoms with Gasteiger partial charge in [-0.05, 0) is 38.8 Å². The van der Waals surface area contributed by atoms with Crippen molar-refractivity contribution in [2.45, 2.75) is 50.4 Å². The smallest absolute Gasteiger partial charge is 0.237 e. The molecule has 1 fully saturated rings. The molecule has 0 radical (unpaired) electrons. The zero-order chi connectivity index (χ0) is 18.3. The number of thioether (sulfide) groups is 1. The lowest BCUT2D eigenvalue weighted by Gasteiger charge is -2.27. The summed E-state index contributed by atoms with van der Waals surface area (Å²) in [6.07, 6.45) is 2.57. The maximum atomic E-state index is 13.0. The fraction of sp³-hybridized carbons (Fsp3) is 0.444. The van der Waals surface area contributed by atoms with Gasteiger partial charge in [0.1, 0.15) is 5.82 Å². The van der Waals surface area contributed by atoms with E-state index >= 15 is 0 Å². The van der Waals surface area contributed by atoms with Crippen molar-refractivity contribution in [1.29, 1.82) is 0 Å². The fourth-order valence-corrected chi connectivity index (χ4v) is 4.28. The summed E-state index contributed by atoms with van der Waals surface area (Å²) in [5.74, 6) is 1.05. The van der Waals surface area contributed by atoms with Gasteiger partial charge >= 0.3 is 0 Å². The summed E-state index contributed by atoms with van der Waals surface area (Å²) in [5.41, 5.74) is 1.42. The van der Waals surface area contributed by atoms with E-state index in [9.17, 15) is 9.59 Å². The Morgan fingerprint density at radius 3 is 2.85 bits per heavy atom. The van der Waals surface area contributed by atoms with Crippen LogP contribution in [0.4, 0.5) is 11.4 Å². The minimum Gasteiger partial charge on any atom is -0.324 e. The van der Waals surface area contributed by atoms with Crippen LogP contribution in [0.1, 0.15) is 38.1 Å². The Labute approximate surface area is 156 Å². The minimum absolute atomic E-state index is 0.0329. The van der Waals surface area contributed by atoms with Gasteiger partial charge in [-0.15, -0.1) is 10.2 Å². The highest BCUT2D eigenvalue weighted by atomic mass is 32.2. The molecule has 1 N–H and O–H groups in total. The number of para-hydroxylation sites is 2. The average molecular weight is 371 g/mol. The number of nitrogens with zero attached hydrogens (tertiary/aromatic N) is 4. The molecule has 1 unspecified atom stereocenters. The first kappa shape index (κ1) is 17.1.